The van der Waals surface area contributed by atoms with Gasteiger partial charge in [0.2, 0.25) is 0 Å². The molecule has 1 heterocycles. The number of hydrogen-bond acceptors (Lipinski definition) is 5. The number of carbonyl (C=O) groups excluding carboxylic acids is 1. The van der Waals surface area contributed by atoms with Gasteiger partial charge in [0.25, 0.3) is 11.6 Å². The molecule has 24 heavy (non-hydrogen) atoms. The van der Waals surface area contributed by atoms with Crippen LogP contribution in [0, 0.1) is 10.1 Å². The number of nitrogens with zero attached hydrogens (tertiary/aromatic N) is 3. The van der Waals surface area contributed by atoms with Gasteiger partial charge < -0.3 is 5.32 Å². The fourth-order valence-corrected chi connectivity index (χ4v) is 2.37. The van der Waals surface area contributed by atoms with Crippen LogP contribution in [0.25, 0.3) is 11.0 Å². The summed E-state index contributed by atoms with van der Waals surface area (Å²) in [5.74, 6) is -0.466. The fourth-order valence-electron chi connectivity index (χ4n) is 2.37. The maximum absolute atomic E-state index is 12.3. The minimum atomic E-state index is -0.466. The van der Waals surface area contributed by atoms with Crippen LogP contribution in [-0.4, -0.2) is 20.8 Å². The van der Waals surface area contributed by atoms with E-state index in [0.29, 0.717) is 28.7 Å². The molecule has 0 spiro atoms. The summed E-state index contributed by atoms with van der Waals surface area (Å²) in [5, 5.41) is 13.7. The molecule has 0 bridgehead atoms. The van der Waals surface area contributed by atoms with E-state index >= 15 is 0 Å². The SMILES string of the molecule is CCc1ccc(NC(=O)c2cnc3ccccc3n2)cc1[N+](=O)[O-]. The second kappa shape index (κ2) is 6.41. The first-order valence-corrected chi connectivity index (χ1v) is 7.39. The highest BCUT2D eigenvalue weighted by molar-refractivity contribution is 6.03. The van der Waals surface area contributed by atoms with Gasteiger partial charge in [0, 0.05) is 17.3 Å². The van der Waals surface area contributed by atoms with Gasteiger partial charge in [-0.15, -0.1) is 0 Å². The lowest BCUT2D eigenvalue weighted by atomic mass is 10.1. The molecule has 2 aromatic carbocycles. The van der Waals surface area contributed by atoms with Crippen LogP contribution in [0.2, 0.25) is 0 Å². The van der Waals surface area contributed by atoms with Crippen LogP contribution < -0.4 is 5.32 Å². The van der Waals surface area contributed by atoms with E-state index < -0.39 is 10.8 Å². The van der Waals surface area contributed by atoms with Crippen molar-refractivity contribution in [1.29, 1.82) is 0 Å². The minimum absolute atomic E-state index is 0.0140. The van der Waals surface area contributed by atoms with Crippen LogP contribution in [0.4, 0.5) is 11.4 Å². The number of fused-ring (bicyclic) bond motifs is 1. The fraction of sp³-hybridized carbons (Fsp3) is 0.118. The standard InChI is InChI=1S/C17H14N4O3/c1-2-11-7-8-12(9-16(11)21(23)24)19-17(22)15-10-18-13-5-3-4-6-14(13)20-15/h3-10H,2H2,1H3,(H,19,22). The van der Waals surface area contributed by atoms with E-state index in [1.165, 1.54) is 12.3 Å². The number of para-hydroxylation sites is 2. The van der Waals surface area contributed by atoms with Crippen molar-refractivity contribution >= 4 is 28.3 Å². The van der Waals surface area contributed by atoms with Crippen LogP contribution >= 0.6 is 0 Å². The number of aryl methyl sites for hydroxylation is 1. The second-order valence-corrected chi connectivity index (χ2v) is 5.15. The summed E-state index contributed by atoms with van der Waals surface area (Å²) in [4.78, 5) is 31.4. The molecular weight excluding hydrogens is 308 g/mol. The first-order valence-electron chi connectivity index (χ1n) is 7.39. The van der Waals surface area contributed by atoms with Crippen molar-refractivity contribution in [2.24, 2.45) is 0 Å². The Morgan fingerprint density at radius 3 is 2.67 bits per heavy atom. The summed E-state index contributed by atoms with van der Waals surface area (Å²) in [6.45, 7) is 1.84. The molecule has 1 amide bonds. The lowest BCUT2D eigenvalue weighted by Gasteiger charge is -2.07. The van der Waals surface area contributed by atoms with E-state index in [-0.39, 0.29) is 11.4 Å². The van der Waals surface area contributed by atoms with Crippen molar-refractivity contribution in [1.82, 2.24) is 9.97 Å². The maximum Gasteiger partial charge on any atom is 0.275 e. The number of carbonyl (C=O) groups is 1. The molecule has 0 saturated heterocycles. The summed E-state index contributed by atoms with van der Waals surface area (Å²) in [5.41, 5.74) is 2.40. The highest BCUT2D eigenvalue weighted by atomic mass is 16.6. The predicted octanol–water partition coefficient (Wildman–Crippen LogP) is 3.35. The number of nitro benzene ring substituents is 1. The van der Waals surface area contributed by atoms with E-state index in [2.05, 4.69) is 15.3 Å². The number of aromatic nitrogens is 2. The Balaban J connectivity index is 1.88. The van der Waals surface area contributed by atoms with E-state index in [1.54, 1.807) is 24.3 Å². The molecule has 1 N–H and O–H groups in total. The van der Waals surface area contributed by atoms with E-state index in [9.17, 15) is 14.9 Å². The summed E-state index contributed by atoms with van der Waals surface area (Å²) in [6.07, 6.45) is 1.92. The third kappa shape index (κ3) is 3.05. The molecule has 0 radical (unpaired) electrons. The molecule has 3 aromatic rings. The lowest BCUT2D eigenvalue weighted by Crippen LogP contribution is -2.14. The number of benzene rings is 2. The van der Waals surface area contributed by atoms with Crippen LogP contribution in [0.1, 0.15) is 23.0 Å². The van der Waals surface area contributed by atoms with Gasteiger partial charge in [-0.2, -0.15) is 0 Å². The predicted molar refractivity (Wildman–Crippen MR) is 90.0 cm³/mol. The Labute approximate surface area is 137 Å². The largest absolute Gasteiger partial charge is 0.320 e. The normalized spacial score (nSPS) is 10.5. The molecule has 0 unspecified atom stereocenters. The number of nitro groups is 1. The molecule has 3 rings (SSSR count). The molecule has 120 valence electrons. The Hall–Kier alpha value is -3.35. The smallest absolute Gasteiger partial charge is 0.275 e. The summed E-state index contributed by atoms with van der Waals surface area (Å²) < 4.78 is 0. The number of anilines is 1. The number of nitrogens with one attached hydrogen (secondary N) is 1. The third-order valence-corrected chi connectivity index (χ3v) is 3.60. The maximum atomic E-state index is 12.3. The zero-order valence-electron chi connectivity index (χ0n) is 12.9. The molecular formula is C17H14N4O3. The number of hydrogen-bond donors (Lipinski definition) is 1. The van der Waals surface area contributed by atoms with Crippen LogP contribution in [-0.2, 0) is 6.42 Å². The highest BCUT2D eigenvalue weighted by Gasteiger charge is 2.15. The van der Waals surface area contributed by atoms with Gasteiger partial charge in [-0.1, -0.05) is 25.1 Å². The molecule has 0 aliphatic carbocycles. The minimum Gasteiger partial charge on any atom is -0.320 e. The molecule has 7 heteroatoms. The van der Waals surface area contributed by atoms with Crippen molar-refractivity contribution in [3.8, 4) is 0 Å². The molecule has 0 atom stereocenters. The second-order valence-electron chi connectivity index (χ2n) is 5.15. The Morgan fingerprint density at radius 1 is 1.21 bits per heavy atom. The summed E-state index contributed by atoms with van der Waals surface area (Å²) in [7, 11) is 0. The molecule has 0 fully saturated rings. The average Bonchev–Trinajstić information content (AvgIpc) is 2.61. The van der Waals surface area contributed by atoms with Crippen molar-refractivity contribution in [3.63, 3.8) is 0 Å². The Morgan fingerprint density at radius 2 is 1.96 bits per heavy atom. The zero-order valence-corrected chi connectivity index (χ0v) is 12.9. The van der Waals surface area contributed by atoms with E-state index in [0.717, 1.165) is 0 Å². The first-order chi connectivity index (χ1) is 11.6. The Kier molecular flexibility index (Phi) is 4.15. The van der Waals surface area contributed by atoms with Gasteiger partial charge in [-0.25, -0.2) is 4.98 Å². The van der Waals surface area contributed by atoms with Gasteiger partial charge >= 0.3 is 0 Å². The van der Waals surface area contributed by atoms with Crippen molar-refractivity contribution in [2.75, 3.05) is 5.32 Å². The third-order valence-electron chi connectivity index (χ3n) is 3.60. The average molecular weight is 322 g/mol. The van der Waals surface area contributed by atoms with Crippen molar-refractivity contribution < 1.29 is 9.72 Å². The van der Waals surface area contributed by atoms with Gasteiger partial charge in [-0.3, -0.25) is 19.9 Å². The quantitative estimate of drug-likeness (QED) is 0.586. The number of rotatable bonds is 4. The molecule has 0 aliphatic rings. The molecule has 1 aromatic heterocycles. The Bertz CT molecular complexity index is 940. The van der Waals surface area contributed by atoms with Gasteiger partial charge in [0.15, 0.2) is 0 Å². The molecule has 0 aliphatic heterocycles. The van der Waals surface area contributed by atoms with E-state index in [4.69, 9.17) is 0 Å². The molecule has 0 saturated carbocycles. The van der Waals surface area contributed by atoms with Gasteiger partial charge in [-0.05, 0) is 24.6 Å². The van der Waals surface area contributed by atoms with E-state index in [1.807, 2.05) is 19.1 Å². The van der Waals surface area contributed by atoms with Crippen LogP contribution in [0.15, 0.2) is 48.7 Å². The van der Waals surface area contributed by atoms with Crippen molar-refractivity contribution in [2.45, 2.75) is 13.3 Å². The monoisotopic (exact) mass is 322 g/mol. The topological polar surface area (TPSA) is 98.0 Å². The molecule has 7 nitrogen and oxygen atoms in total. The van der Waals surface area contributed by atoms with Crippen molar-refractivity contribution in [3.05, 3.63) is 70.0 Å². The van der Waals surface area contributed by atoms with Crippen LogP contribution in [0.5, 0.6) is 0 Å². The summed E-state index contributed by atoms with van der Waals surface area (Å²) in [6, 6.07) is 11.8. The lowest BCUT2D eigenvalue weighted by molar-refractivity contribution is -0.385. The van der Waals surface area contributed by atoms with Crippen LogP contribution in [0.3, 0.4) is 0 Å². The number of amides is 1. The highest BCUT2D eigenvalue weighted by Crippen LogP contribution is 2.24. The summed E-state index contributed by atoms with van der Waals surface area (Å²) >= 11 is 0. The zero-order chi connectivity index (χ0) is 17.1. The first kappa shape index (κ1) is 15.5. The van der Waals surface area contributed by atoms with Gasteiger partial charge in [0.1, 0.15) is 5.69 Å². The van der Waals surface area contributed by atoms with Gasteiger partial charge in [0.05, 0.1) is 22.2 Å².